The van der Waals surface area contributed by atoms with E-state index in [4.69, 9.17) is 0 Å². The van der Waals surface area contributed by atoms with Crippen molar-refractivity contribution in [3.05, 3.63) is 30.1 Å². The molecular weight excluding hydrogens is 467 g/mol. The smallest absolute Gasteiger partial charge is 0.156 e. The van der Waals surface area contributed by atoms with Crippen molar-refractivity contribution in [2.75, 3.05) is 0 Å². The van der Waals surface area contributed by atoms with E-state index in [2.05, 4.69) is 11.9 Å². The van der Waals surface area contributed by atoms with Gasteiger partial charge in [-0.25, -0.2) is 9.37 Å². The maximum Gasteiger partial charge on any atom is 0.156 e. The number of nitrogens with zero attached hydrogens (tertiary/aromatic N) is 2. The summed E-state index contributed by atoms with van der Waals surface area (Å²) >= 11 is 0. The SMILES string of the molecule is CC(C)(O)c1ccc2c(c1)ncn2CC(=O)[C@H]1CC[C@H]2[C@@H]3CC[C@@H]4C[C@](C)(O)CC[C@]4(F)[C@H]3CC[C@]12C. The summed E-state index contributed by atoms with van der Waals surface area (Å²) in [4.78, 5) is 18.3. The van der Waals surface area contributed by atoms with Gasteiger partial charge in [-0.05, 0) is 125 Å². The average molecular weight is 511 g/mol. The first-order valence-corrected chi connectivity index (χ1v) is 14.4. The molecule has 5 nitrogen and oxygen atoms in total. The predicted molar refractivity (Wildman–Crippen MR) is 142 cm³/mol. The fraction of sp³-hybridized carbons (Fsp3) is 0.742. The number of ketones is 1. The molecule has 4 fully saturated rings. The molecular formula is C31H43FN2O3. The quantitative estimate of drug-likeness (QED) is 0.533. The van der Waals surface area contributed by atoms with E-state index < -0.39 is 16.9 Å². The Hall–Kier alpha value is -1.79. The van der Waals surface area contributed by atoms with Crippen LogP contribution in [0.4, 0.5) is 4.39 Å². The average Bonchev–Trinajstić information content (AvgIpc) is 3.39. The first kappa shape index (κ1) is 25.5. The number of hydrogen-bond donors (Lipinski definition) is 2. The van der Waals surface area contributed by atoms with Crippen LogP contribution < -0.4 is 0 Å². The molecule has 0 unspecified atom stereocenters. The molecule has 4 aliphatic carbocycles. The van der Waals surface area contributed by atoms with Crippen molar-refractivity contribution in [1.29, 1.82) is 0 Å². The lowest BCUT2D eigenvalue weighted by Crippen LogP contribution is -2.58. The minimum Gasteiger partial charge on any atom is -0.390 e. The van der Waals surface area contributed by atoms with E-state index in [1.54, 1.807) is 20.2 Å². The zero-order valence-electron chi connectivity index (χ0n) is 22.8. The second-order valence-electron chi connectivity index (χ2n) is 14.1. The van der Waals surface area contributed by atoms with Gasteiger partial charge in [-0.15, -0.1) is 0 Å². The number of aliphatic hydroxyl groups is 2. The van der Waals surface area contributed by atoms with Crippen LogP contribution in [0.25, 0.3) is 11.0 Å². The van der Waals surface area contributed by atoms with Gasteiger partial charge in [-0.1, -0.05) is 13.0 Å². The minimum atomic E-state index is -1.15. The van der Waals surface area contributed by atoms with Crippen molar-refractivity contribution >= 4 is 16.8 Å². The summed E-state index contributed by atoms with van der Waals surface area (Å²) in [7, 11) is 0. The first-order chi connectivity index (χ1) is 17.3. The molecule has 4 saturated carbocycles. The van der Waals surface area contributed by atoms with E-state index >= 15 is 4.39 Å². The summed E-state index contributed by atoms with van der Waals surface area (Å²) in [6.07, 6.45) is 8.99. The number of imidazole rings is 1. The maximum absolute atomic E-state index is 16.6. The van der Waals surface area contributed by atoms with Crippen LogP contribution in [0.5, 0.6) is 0 Å². The van der Waals surface area contributed by atoms with Crippen LogP contribution in [0, 0.1) is 35.0 Å². The van der Waals surface area contributed by atoms with E-state index in [1.807, 2.05) is 29.7 Å². The molecule has 1 aromatic heterocycles. The molecule has 6 heteroatoms. The Bertz CT molecular complexity index is 1210. The lowest BCUT2D eigenvalue weighted by Gasteiger charge is -2.59. The molecule has 202 valence electrons. The fourth-order valence-electron chi connectivity index (χ4n) is 9.35. The molecule has 0 saturated heterocycles. The van der Waals surface area contributed by atoms with Gasteiger partial charge in [0.1, 0.15) is 5.67 Å². The van der Waals surface area contributed by atoms with Gasteiger partial charge >= 0.3 is 0 Å². The van der Waals surface area contributed by atoms with Crippen molar-refractivity contribution in [2.45, 2.75) is 109 Å². The Morgan fingerprint density at radius 1 is 1.11 bits per heavy atom. The van der Waals surface area contributed by atoms with Crippen LogP contribution in [0.2, 0.25) is 0 Å². The molecule has 0 amide bonds. The molecule has 37 heavy (non-hydrogen) atoms. The molecule has 4 aliphatic rings. The molecule has 6 rings (SSSR count). The highest BCUT2D eigenvalue weighted by Crippen LogP contribution is 2.66. The molecule has 0 aliphatic heterocycles. The number of benzene rings is 1. The Labute approximate surface area is 219 Å². The van der Waals surface area contributed by atoms with Crippen molar-refractivity contribution in [2.24, 2.45) is 35.0 Å². The van der Waals surface area contributed by atoms with Gasteiger partial charge in [0.2, 0.25) is 0 Å². The zero-order chi connectivity index (χ0) is 26.4. The van der Waals surface area contributed by atoms with Gasteiger partial charge in [-0.2, -0.15) is 0 Å². The Morgan fingerprint density at radius 2 is 1.89 bits per heavy atom. The van der Waals surface area contributed by atoms with E-state index in [0.717, 1.165) is 55.1 Å². The third-order valence-electron chi connectivity index (χ3n) is 11.4. The Kier molecular flexibility index (Phi) is 5.75. The topological polar surface area (TPSA) is 75.4 Å². The van der Waals surface area contributed by atoms with Crippen LogP contribution in [0.1, 0.15) is 91.0 Å². The van der Waals surface area contributed by atoms with Gasteiger partial charge < -0.3 is 14.8 Å². The number of hydrogen-bond acceptors (Lipinski definition) is 4. The summed E-state index contributed by atoms with van der Waals surface area (Å²) in [5, 5.41) is 21.0. The van der Waals surface area contributed by atoms with Crippen molar-refractivity contribution in [3.8, 4) is 0 Å². The number of Topliss-reactive ketones (excluding diaryl/α,β-unsaturated/α-hetero) is 1. The number of fused-ring (bicyclic) bond motifs is 6. The predicted octanol–water partition coefficient (Wildman–Crippen LogP) is 5.94. The van der Waals surface area contributed by atoms with E-state index in [9.17, 15) is 15.0 Å². The second-order valence-corrected chi connectivity index (χ2v) is 14.1. The van der Waals surface area contributed by atoms with E-state index in [-0.39, 0.29) is 29.0 Å². The second kappa shape index (κ2) is 8.35. The summed E-state index contributed by atoms with van der Waals surface area (Å²) < 4.78 is 18.6. The number of carbonyl (C=O) groups excluding carboxylic acids is 1. The highest BCUT2D eigenvalue weighted by atomic mass is 19.1. The van der Waals surface area contributed by atoms with Crippen molar-refractivity contribution in [1.82, 2.24) is 9.55 Å². The highest BCUT2D eigenvalue weighted by Gasteiger charge is 2.63. The van der Waals surface area contributed by atoms with Crippen molar-refractivity contribution < 1.29 is 19.4 Å². The number of rotatable bonds is 4. The molecule has 1 heterocycles. The summed E-state index contributed by atoms with van der Waals surface area (Å²) in [5.74, 6) is 1.10. The van der Waals surface area contributed by atoms with Crippen LogP contribution in [0.15, 0.2) is 24.5 Å². The normalized spacial score (nSPS) is 41.8. The molecule has 2 N–H and O–H groups in total. The number of aromatic nitrogens is 2. The van der Waals surface area contributed by atoms with Crippen LogP contribution >= 0.6 is 0 Å². The van der Waals surface area contributed by atoms with Crippen molar-refractivity contribution in [3.63, 3.8) is 0 Å². The Balaban J connectivity index is 1.20. The largest absolute Gasteiger partial charge is 0.390 e. The van der Waals surface area contributed by atoms with Gasteiger partial charge in [0.05, 0.1) is 35.1 Å². The highest BCUT2D eigenvalue weighted by molar-refractivity contribution is 5.84. The number of halogens is 1. The maximum atomic E-state index is 16.6. The van der Waals surface area contributed by atoms with Gasteiger partial charge in [0.25, 0.3) is 0 Å². The van der Waals surface area contributed by atoms with Gasteiger partial charge in [0, 0.05) is 5.92 Å². The minimum absolute atomic E-state index is 0.00641. The van der Waals surface area contributed by atoms with E-state index in [1.165, 1.54) is 0 Å². The standard InChI is InChI=1S/C31H43FN2O3/c1-28(2,36)19-6-10-26-25(15-19)33-18-34(26)17-27(35)24-9-8-22-21-7-5-20-16-29(3,37)13-14-31(20,32)23(21)11-12-30(22,24)4/h6,10,15,18,20-24,36-37H,5,7-9,11-14,16-17H2,1-4H3/t20-,21+,22+,23+,24-,29-,30+,31-/m1/s1. The van der Waals surface area contributed by atoms with Gasteiger partial charge in [-0.3, -0.25) is 4.79 Å². The number of alkyl halides is 1. The molecule has 2 aromatic rings. The molecule has 0 bridgehead atoms. The monoisotopic (exact) mass is 510 g/mol. The third kappa shape index (κ3) is 4.00. The lowest BCUT2D eigenvalue weighted by molar-refractivity contribution is -0.165. The van der Waals surface area contributed by atoms with Crippen LogP contribution in [-0.2, 0) is 16.9 Å². The fourth-order valence-corrected chi connectivity index (χ4v) is 9.35. The molecule has 1 aromatic carbocycles. The van der Waals surface area contributed by atoms with Crippen LogP contribution in [0.3, 0.4) is 0 Å². The lowest BCUT2D eigenvalue weighted by atomic mass is 9.48. The summed E-state index contributed by atoms with van der Waals surface area (Å²) in [6.45, 7) is 8.02. The Morgan fingerprint density at radius 3 is 2.65 bits per heavy atom. The molecule has 0 spiro atoms. The van der Waals surface area contributed by atoms with Gasteiger partial charge in [0.15, 0.2) is 5.78 Å². The molecule has 8 atom stereocenters. The van der Waals surface area contributed by atoms with E-state index in [0.29, 0.717) is 37.6 Å². The molecule has 0 radical (unpaired) electrons. The number of carbonyl (C=O) groups is 1. The zero-order valence-corrected chi connectivity index (χ0v) is 22.8. The third-order valence-corrected chi connectivity index (χ3v) is 11.4. The summed E-state index contributed by atoms with van der Waals surface area (Å²) in [5.41, 5.74) is -0.364. The first-order valence-electron chi connectivity index (χ1n) is 14.4. The van der Waals surface area contributed by atoms with Crippen LogP contribution in [-0.4, -0.2) is 36.8 Å². The summed E-state index contributed by atoms with van der Waals surface area (Å²) in [6, 6.07) is 5.76.